The van der Waals surface area contributed by atoms with Crippen LogP contribution in [-0.2, 0) is 16.0 Å². The first-order valence-electron chi connectivity index (χ1n) is 8.71. The fourth-order valence-corrected chi connectivity index (χ4v) is 3.08. The van der Waals surface area contributed by atoms with E-state index in [9.17, 15) is 14.4 Å². The minimum absolute atomic E-state index is 0.0127. The number of urea groups is 1. The van der Waals surface area contributed by atoms with Crippen LogP contribution in [0.1, 0.15) is 18.4 Å². The van der Waals surface area contributed by atoms with Crippen LogP contribution in [0.5, 0.6) is 0 Å². The summed E-state index contributed by atoms with van der Waals surface area (Å²) < 4.78 is 0. The summed E-state index contributed by atoms with van der Waals surface area (Å²) in [5, 5.41) is 5.58. The van der Waals surface area contributed by atoms with Crippen LogP contribution >= 0.6 is 0 Å². The van der Waals surface area contributed by atoms with Crippen molar-refractivity contribution in [2.75, 3.05) is 10.2 Å². The number of amides is 4. The van der Waals surface area contributed by atoms with E-state index in [4.69, 9.17) is 0 Å². The number of hydrogen-bond donors (Lipinski definition) is 2. The maximum atomic E-state index is 12.7. The van der Waals surface area contributed by atoms with Crippen LogP contribution in [0.4, 0.5) is 16.2 Å². The molecule has 1 heterocycles. The molecular formula is C20H19N3O3. The van der Waals surface area contributed by atoms with Crippen molar-refractivity contribution in [3.63, 3.8) is 0 Å². The Labute approximate surface area is 151 Å². The maximum absolute atomic E-state index is 12.7. The van der Waals surface area contributed by atoms with Crippen LogP contribution in [0.2, 0.25) is 0 Å². The molecule has 132 valence electrons. The standard InChI is InChI=1S/C20H19N3O3/c24-18(14-9-10-14)21-15-7-4-8-16(12-15)23-19(25)17(22-20(23)26)11-13-5-2-1-3-6-13/h1-8,12,14,17H,9-11H2,(H,21,24)(H,22,26). The van der Waals surface area contributed by atoms with Gasteiger partial charge in [-0.3, -0.25) is 9.59 Å². The predicted molar refractivity (Wildman–Crippen MR) is 97.7 cm³/mol. The van der Waals surface area contributed by atoms with E-state index in [1.807, 2.05) is 30.3 Å². The topological polar surface area (TPSA) is 78.5 Å². The highest BCUT2D eigenvalue weighted by atomic mass is 16.2. The third kappa shape index (κ3) is 3.31. The van der Waals surface area contributed by atoms with E-state index in [1.165, 1.54) is 0 Å². The highest BCUT2D eigenvalue weighted by Crippen LogP contribution is 2.31. The van der Waals surface area contributed by atoms with E-state index in [-0.39, 0.29) is 17.7 Å². The molecule has 0 bridgehead atoms. The number of nitrogens with zero attached hydrogens (tertiary/aromatic N) is 1. The molecule has 2 N–H and O–H groups in total. The molecule has 1 aliphatic heterocycles. The lowest BCUT2D eigenvalue weighted by Gasteiger charge is -2.15. The first-order chi connectivity index (χ1) is 12.6. The van der Waals surface area contributed by atoms with Crippen LogP contribution < -0.4 is 15.5 Å². The maximum Gasteiger partial charge on any atom is 0.329 e. The van der Waals surface area contributed by atoms with E-state index >= 15 is 0 Å². The molecule has 26 heavy (non-hydrogen) atoms. The zero-order valence-electron chi connectivity index (χ0n) is 14.1. The average Bonchev–Trinajstić information content (AvgIpc) is 3.44. The fraction of sp³-hybridized carbons (Fsp3) is 0.250. The number of hydrogen-bond acceptors (Lipinski definition) is 3. The molecule has 0 spiro atoms. The Hall–Kier alpha value is -3.15. The molecule has 2 aromatic rings. The second-order valence-corrected chi connectivity index (χ2v) is 6.68. The van der Waals surface area contributed by atoms with Gasteiger partial charge >= 0.3 is 6.03 Å². The normalized spacial score (nSPS) is 19.4. The predicted octanol–water partition coefficient (Wildman–Crippen LogP) is 2.70. The monoisotopic (exact) mass is 349 g/mol. The number of anilines is 2. The Morgan fingerprint density at radius 1 is 1.08 bits per heavy atom. The summed E-state index contributed by atoms with van der Waals surface area (Å²) in [4.78, 5) is 38.1. The van der Waals surface area contributed by atoms with Gasteiger partial charge in [0.15, 0.2) is 0 Å². The van der Waals surface area contributed by atoms with Crippen LogP contribution in [-0.4, -0.2) is 23.9 Å². The molecule has 2 aliphatic rings. The summed E-state index contributed by atoms with van der Waals surface area (Å²) in [7, 11) is 0. The van der Waals surface area contributed by atoms with Gasteiger partial charge in [-0.2, -0.15) is 0 Å². The van der Waals surface area contributed by atoms with Gasteiger partial charge in [0.05, 0.1) is 5.69 Å². The molecule has 1 saturated carbocycles. The lowest BCUT2D eigenvalue weighted by molar-refractivity contribution is -0.118. The van der Waals surface area contributed by atoms with E-state index in [0.717, 1.165) is 23.3 Å². The molecular weight excluding hydrogens is 330 g/mol. The number of nitrogens with one attached hydrogen (secondary N) is 2. The Morgan fingerprint density at radius 2 is 1.85 bits per heavy atom. The largest absolute Gasteiger partial charge is 0.329 e. The average molecular weight is 349 g/mol. The van der Waals surface area contributed by atoms with Crippen molar-refractivity contribution in [3.8, 4) is 0 Å². The zero-order chi connectivity index (χ0) is 18.1. The minimum atomic E-state index is -0.588. The van der Waals surface area contributed by atoms with Gasteiger partial charge in [-0.15, -0.1) is 0 Å². The molecule has 6 nitrogen and oxygen atoms in total. The van der Waals surface area contributed by atoms with Crippen molar-refractivity contribution in [1.82, 2.24) is 5.32 Å². The van der Waals surface area contributed by atoms with Gasteiger partial charge in [-0.1, -0.05) is 36.4 Å². The molecule has 0 aromatic heterocycles. The third-order valence-electron chi connectivity index (χ3n) is 4.62. The van der Waals surface area contributed by atoms with Gasteiger partial charge < -0.3 is 10.6 Å². The van der Waals surface area contributed by atoms with Crippen LogP contribution in [0.15, 0.2) is 54.6 Å². The molecule has 1 atom stereocenters. The highest BCUT2D eigenvalue weighted by molar-refractivity contribution is 6.21. The zero-order valence-corrected chi connectivity index (χ0v) is 14.1. The molecule has 1 saturated heterocycles. The molecule has 1 unspecified atom stereocenters. The van der Waals surface area contributed by atoms with Gasteiger partial charge in [-0.25, -0.2) is 9.69 Å². The van der Waals surface area contributed by atoms with Gasteiger partial charge in [0.2, 0.25) is 5.91 Å². The Bertz CT molecular complexity index is 862. The van der Waals surface area contributed by atoms with Crippen molar-refractivity contribution in [3.05, 3.63) is 60.2 Å². The molecule has 4 rings (SSSR count). The highest BCUT2D eigenvalue weighted by Gasteiger charge is 2.39. The molecule has 1 aliphatic carbocycles. The van der Waals surface area contributed by atoms with E-state index in [1.54, 1.807) is 24.3 Å². The van der Waals surface area contributed by atoms with Crippen LogP contribution in [0.25, 0.3) is 0 Å². The first-order valence-corrected chi connectivity index (χ1v) is 8.71. The number of carbonyl (C=O) groups is 3. The first kappa shape index (κ1) is 16.3. The van der Waals surface area contributed by atoms with Crippen molar-refractivity contribution >= 4 is 29.2 Å². The quantitative estimate of drug-likeness (QED) is 0.815. The summed E-state index contributed by atoms with van der Waals surface area (Å²) in [6.07, 6.45) is 2.28. The molecule has 4 amide bonds. The van der Waals surface area contributed by atoms with Crippen molar-refractivity contribution in [1.29, 1.82) is 0 Å². The van der Waals surface area contributed by atoms with Crippen LogP contribution in [0, 0.1) is 5.92 Å². The van der Waals surface area contributed by atoms with Gasteiger partial charge in [-0.05, 0) is 36.6 Å². The van der Waals surface area contributed by atoms with E-state index < -0.39 is 12.1 Å². The van der Waals surface area contributed by atoms with Gasteiger partial charge in [0, 0.05) is 18.0 Å². The Morgan fingerprint density at radius 3 is 2.58 bits per heavy atom. The lowest BCUT2D eigenvalue weighted by Crippen LogP contribution is -2.32. The molecule has 2 fully saturated rings. The Balaban J connectivity index is 1.50. The summed E-state index contributed by atoms with van der Waals surface area (Å²) in [6.45, 7) is 0. The van der Waals surface area contributed by atoms with Crippen molar-refractivity contribution in [2.45, 2.75) is 25.3 Å². The number of benzene rings is 2. The van der Waals surface area contributed by atoms with Crippen LogP contribution in [0.3, 0.4) is 0 Å². The second-order valence-electron chi connectivity index (χ2n) is 6.68. The summed E-state index contributed by atoms with van der Waals surface area (Å²) in [6, 6.07) is 15.4. The summed E-state index contributed by atoms with van der Waals surface area (Å²) in [5.41, 5.74) is 2.03. The Kier molecular flexibility index (Phi) is 4.16. The van der Waals surface area contributed by atoms with Crippen molar-refractivity contribution < 1.29 is 14.4 Å². The summed E-state index contributed by atoms with van der Waals surface area (Å²) >= 11 is 0. The van der Waals surface area contributed by atoms with Gasteiger partial charge in [0.25, 0.3) is 5.91 Å². The molecule has 0 radical (unpaired) electrons. The molecule has 2 aromatic carbocycles. The number of carbonyl (C=O) groups excluding carboxylic acids is 3. The van der Waals surface area contributed by atoms with E-state index in [0.29, 0.717) is 17.8 Å². The smallest absolute Gasteiger partial charge is 0.326 e. The SMILES string of the molecule is O=C(Nc1cccc(N2C(=O)NC(Cc3ccccc3)C2=O)c1)C1CC1. The van der Waals surface area contributed by atoms with Gasteiger partial charge in [0.1, 0.15) is 6.04 Å². The van der Waals surface area contributed by atoms with E-state index in [2.05, 4.69) is 10.6 Å². The molecule has 6 heteroatoms. The lowest BCUT2D eigenvalue weighted by atomic mass is 10.1. The summed E-state index contributed by atoms with van der Waals surface area (Å²) in [5.74, 6) is -0.212. The minimum Gasteiger partial charge on any atom is -0.326 e. The number of rotatable bonds is 5. The third-order valence-corrected chi connectivity index (χ3v) is 4.62. The number of imide groups is 1. The van der Waals surface area contributed by atoms with Crippen molar-refractivity contribution in [2.24, 2.45) is 5.92 Å². The fourth-order valence-electron chi connectivity index (χ4n) is 3.08. The second kappa shape index (κ2) is 6.63.